The van der Waals surface area contributed by atoms with Gasteiger partial charge in [-0.3, -0.25) is 14.6 Å². The summed E-state index contributed by atoms with van der Waals surface area (Å²) in [6.45, 7) is 3.33. The number of imidazole rings is 1. The molecule has 1 aliphatic rings. The van der Waals surface area contributed by atoms with E-state index in [4.69, 9.17) is 4.74 Å². The smallest absolute Gasteiger partial charge is 0.227 e. The van der Waals surface area contributed by atoms with Crippen molar-refractivity contribution in [2.24, 2.45) is 0 Å². The summed E-state index contributed by atoms with van der Waals surface area (Å²) in [6.07, 6.45) is 5.10. The number of pyridine rings is 1. The van der Waals surface area contributed by atoms with E-state index in [2.05, 4.69) is 20.3 Å². The lowest BCUT2D eigenvalue weighted by atomic mass is 10.1. The van der Waals surface area contributed by atoms with Gasteiger partial charge in [0.1, 0.15) is 11.9 Å². The minimum atomic E-state index is -0.294. The summed E-state index contributed by atoms with van der Waals surface area (Å²) >= 11 is 0. The molecule has 8 nitrogen and oxygen atoms in total. The number of nitrogens with zero attached hydrogens (tertiary/aromatic N) is 3. The number of aromatic amines is 1. The van der Waals surface area contributed by atoms with E-state index in [9.17, 15) is 9.59 Å². The monoisotopic (exact) mass is 343 g/mol. The SMILES string of the molecule is CC(=O)NCc1cnc([C@H]2CN(C(=O)Cc3cccnc3)CCO2)[nH]1. The first kappa shape index (κ1) is 17.1. The summed E-state index contributed by atoms with van der Waals surface area (Å²) in [5.41, 5.74) is 1.69. The maximum atomic E-state index is 12.5. The zero-order valence-electron chi connectivity index (χ0n) is 14.1. The van der Waals surface area contributed by atoms with E-state index in [1.165, 1.54) is 6.92 Å². The van der Waals surface area contributed by atoms with Crippen molar-refractivity contribution in [1.82, 2.24) is 25.2 Å². The van der Waals surface area contributed by atoms with E-state index in [-0.39, 0.29) is 17.9 Å². The summed E-state index contributed by atoms with van der Waals surface area (Å²) in [5, 5.41) is 2.71. The summed E-state index contributed by atoms with van der Waals surface area (Å²) < 4.78 is 5.75. The quantitative estimate of drug-likeness (QED) is 0.827. The molecule has 0 radical (unpaired) electrons. The van der Waals surface area contributed by atoms with E-state index >= 15 is 0 Å². The second-order valence-electron chi connectivity index (χ2n) is 5.94. The number of aromatic nitrogens is 3. The largest absolute Gasteiger partial charge is 0.367 e. The molecular weight excluding hydrogens is 322 g/mol. The lowest BCUT2D eigenvalue weighted by Gasteiger charge is -2.32. The van der Waals surface area contributed by atoms with Crippen molar-refractivity contribution in [3.63, 3.8) is 0 Å². The van der Waals surface area contributed by atoms with Gasteiger partial charge >= 0.3 is 0 Å². The number of H-pyrrole nitrogens is 1. The molecule has 3 rings (SSSR count). The Kier molecular flexibility index (Phi) is 5.39. The van der Waals surface area contributed by atoms with Crippen LogP contribution in [0.2, 0.25) is 0 Å². The molecule has 8 heteroatoms. The van der Waals surface area contributed by atoms with Crippen molar-refractivity contribution in [1.29, 1.82) is 0 Å². The Morgan fingerprint density at radius 2 is 2.32 bits per heavy atom. The normalized spacial score (nSPS) is 17.3. The van der Waals surface area contributed by atoms with Crippen LogP contribution in [0.1, 0.15) is 30.1 Å². The van der Waals surface area contributed by atoms with Gasteiger partial charge in [-0.05, 0) is 11.6 Å². The Labute approximate surface area is 145 Å². The van der Waals surface area contributed by atoms with Gasteiger partial charge in [0.25, 0.3) is 0 Å². The zero-order valence-corrected chi connectivity index (χ0v) is 14.1. The molecule has 1 aliphatic heterocycles. The van der Waals surface area contributed by atoms with Crippen LogP contribution in [0.25, 0.3) is 0 Å². The minimum absolute atomic E-state index is 0.0475. The van der Waals surface area contributed by atoms with Crippen molar-refractivity contribution in [3.8, 4) is 0 Å². The third kappa shape index (κ3) is 4.63. The van der Waals surface area contributed by atoms with Gasteiger partial charge in [0.15, 0.2) is 0 Å². The molecule has 2 N–H and O–H groups in total. The molecule has 1 fully saturated rings. The average Bonchev–Trinajstić information content (AvgIpc) is 3.10. The Balaban J connectivity index is 1.59. The van der Waals surface area contributed by atoms with Crippen LogP contribution >= 0.6 is 0 Å². The fourth-order valence-electron chi connectivity index (χ4n) is 2.68. The molecule has 0 spiro atoms. The average molecular weight is 343 g/mol. The first-order valence-electron chi connectivity index (χ1n) is 8.18. The standard InChI is InChI=1S/C17H21N5O3/c1-12(23)19-9-14-10-20-17(21-14)15-11-22(5-6-25-15)16(24)7-13-3-2-4-18-8-13/h2-4,8,10,15H,5-7,9,11H2,1H3,(H,19,23)(H,20,21)/t15-/m1/s1. The summed E-state index contributed by atoms with van der Waals surface area (Å²) in [5.74, 6) is 0.614. The molecule has 0 saturated carbocycles. The predicted octanol–water partition coefficient (Wildman–Crippen LogP) is 0.583. The fraction of sp³-hybridized carbons (Fsp3) is 0.412. The number of nitrogens with one attached hydrogen (secondary N) is 2. The van der Waals surface area contributed by atoms with Gasteiger partial charge in [-0.1, -0.05) is 6.07 Å². The lowest BCUT2D eigenvalue weighted by Crippen LogP contribution is -2.43. The molecule has 2 aromatic heterocycles. The van der Waals surface area contributed by atoms with Crippen LogP contribution in [0, 0.1) is 0 Å². The fourth-order valence-corrected chi connectivity index (χ4v) is 2.68. The van der Waals surface area contributed by atoms with Gasteiger partial charge in [0.2, 0.25) is 11.8 Å². The predicted molar refractivity (Wildman–Crippen MR) is 89.3 cm³/mol. The molecule has 1 saturated heterocycles. The number of hydrogen-bond donors (Lipinski definition) is 2. The second-order valence-corrected chi connectivity index (χ2v) is 5.94. The number of carbonyl (C=O) groups is 2. The maximum absolute atomic E-state index is 12.5. The van der Waals surface area contributed by atoms with Gasteiger partial charge in [-0.25, -0.2) is 4.98 Å². The van der Waals surface area contributed by atoms with Crippen molar-refractivity contribution in [2.45, 2.75) is 26.0 Å². The summed E-state index contributed by atoms with van der Waals surface area (Å²) in [4.78, 5) is 36.8. The topological polar surface area (TPSA) is 100 Å². The van der Waals surface area contributed by atoms with Crippen molar-refractivity contribution >= 4 is 11.8 Å². The third-order valence-electron chi connectivity index (χ3n) is 3.98. The Morgan fingerprint density at radius 1 is 1.44 bits per heavy atom. The third-order valence-corrected chi connectivity index (χ3v) is 3.98. The van der Waals surface area contributed by atoms with Crippen molar-refractivity contribution < 1.29 is 14.3 Å². The number of carbonyl (C=O) groups excluding carboxylic acids is 2. The van der Waals surface area contributed by atoms with E-state index in [0.717, 1.165) is 11.3 Å². The number of rotatable bonds is 5. The minimum Gasteiger partial charge on any atom is -0.367 e. The van der Waals surface area contributed by atoms with E-state index in [1.807, 2.05) is 12.1 Å². The molecule has 2 amide bonds. The van der Waals surface area contributed by atoms with Crippen LogP contribution in [0.5, 0.6) is 0 Å². The molecule has 1 atom stereocenters. The van der Waals surface area contributed by atoms with E-state index in [0.29, 0.717) is 38.5 Å². The molecular formula is C17H21N5O3. The Morgan fingerprint density at radius 3 is 3.08 bits per heavy atom. The Hall–Kier alpha value is -2.74. The van der Waals surface area contributed by atoms with E-state index < -0.39 is 0 Å². The molecule has 0 aliphatic carbocycles. The molecule has 132 valence electrons. The molecule has 0 bridgehead atoms. The van der Waals surface area contributed by atoms with Gasteiger partial charge in [0, 0.05) is 25.9 Å². The van der Waals surface area contributed by atoms with Gasteiger partial charge in [0.05, 0.1) is 38.0 Å². The maximum Gasteiger partial charge on any atom is 0.227 e. The van der Waals surface area contributed by atoms with Gasteiger partial charge in [-0.15, -0.1) is 0 Å². The second kappa shape index (κ2) is 7.89. The molecule has 3 heterocycles. The number of ether oxygens (including phenoxy) is 1. The highest BCUT2D eigenvalue weighted by Crippen LogP contribution is 2.20. The van der Waals surface area contributed by atoms with Crippen LogP contribution in [0.15, 0.2) is 30.7 Å². The van der Waals surface area contributed by atoms with Crippen LogP contribution < -0.4 is 5.32 Å². The first-order valence-corrected chi connectivity index (χ1v) is 8.18. The molecule has 2 aromatic rings. The van der Waals surface area contributed by atoms with Gasteiger partial charge in [-0.2, -0.15) is 0 Å². The van der Waals surface area contributed by atoms with Crippen LogP contribution in [-0.4, -0.2) is 51.4 Å². The number of amides is 2. The highest BCUT2D eigenvalue weighted by Gasteiger charge is 2.27. The summed E-state index contributed by atoms with van der Waals surface area (Å²) in [7, 11) is 0. The van der Waals surface area contributed by atoms with Crippen LogP contribution in [-0.2, 0) is 27.3 Å². The van der Waals surface area contributed by atoms with Crippen LogP contribution in [0.4, 0.5) is 0 Å². The van der Waals surface area contributed by atoms with Crippen molar-refractivity contribution in [2.75, 3.05) is 19.7 Å². The molecule has 0 aromatic carbocycles. The summed E-state index contributed by atoms with van der Waals surface area (Å²) in [6, 6.07) is 3.72. The molecule has 25 heavy (non-hydrogen) atoms. The van der Waals surface area contributed by atoms with Gasteiger partial charge < -0.3 is 19.9 Å². The first-order chi connectivity index (χ1) is 12.1. The molecule has 0 unspecified atom stereocenters. The number of hydrogen-bond acceptors (Lipinski definition) is 5. The van der Waals surface area contributed by atoms with Crippen molar-refractivity contribution in [3.05, 3.63) is 47.8 Å². The van der Waals surface area contributed by atoms with Crippen LogP contribution in [0.3, 0.4) is 0 Å². The lowest BCUT2D eigenvalue weighted by molar-refractivity contribution is -0.138. The zero-order chi connectivity index (χ0) is 17.6. The highest BCUT2D eigenvalue weighted by molar-refractivity contribution is 5.78. The van der Waals surface area contributed by atoms with E-state index in [1.54, 1.807) is 23.5 Å². The number of morpholine rings is 1. The Bertz CT molecular complexity index is 731. The highest BCUT2D eigenvalue weighted by atomic mass is 16.5.